The second-order valence-electron chi connectivity index (χ2n) is 5.25. The van der Waals surface area contributed by atoms with E-state index in [0.717, 1.165) is 6.07 Å². The number of para-hydroxylation sites is 1. The number of benzene rings is 2. The summed E-state index contributed by atoms with van der Waals surface area (Å²) in [4.78, 5) is 10.3. The second kappa shape index (κ2) is 7.68. The number of hydrogen-bond acceptors (Lipinski definition) is 6. The van der Waals surface area contributed by atoms with Gasteiger partial charge in [0.05, 0.1) is 26.6 Å². The van der Waals surface area contributed by atoms with Crippen molar-refractivity contribution in [2.45, 2.75) is 17.9 Å². The van der Waals surface area contributed by atoms with Crippen LogP contribution in [0.3, 0.4) is 0 Å². The standard InChI is InChI=1S/C15H16ClN3O5S/c1-10(20)9-17-14-7-6-11(8-15(14)19(21)22)25(23,24)18-13-5-3-2-4-12(13)16/h2-8,10,17-18,20H,9H2,1H3/t10-/m0/s1. The molecule has 0 bridgehead atoms. The first-order chi connectivity index (χ1) is 11.7. The van der Waals surface area contributed by atoms with Gasteiger partial charge in [-0.25, -0.2) is 8.42 Å². The van der Waals surface area contributed by atoms with Crippen LogP contribution in [0.2, 0.25) is 5.02 Å². The van der Waals surface area contributed by atoms with Crippen molar-refractivity contribution < 1.29 is 18.4 Å². The van der Waals surface area contributed by atoms with Gasteiger partial charge >= 0.3 is 0 Å². The van der Waals surface area contributed by atoms with Gasteiger partial charge in [0.1, 0.15) is 5.69 Å². The maximum absolute atomic E-state index is 12.5. The molecule has 0 spiro atoms. The zero-order chi connectivity index (χ0) is 18.6. The van der Waals surface area contributed by atoms with Crippen LogP contribution >= 0.6 is 11.6 Å². The SMILES string of the molecule is C[C@H](O)CNc1ccc(S(=O)(=O)Nc2ccccc2Cl)cc1[N+](=O)[O-]. The molecule has 1 atom stereocenters. The minimum absolute atomic E-state index is 0.0881. The number of aliphatic hydroxyl groups is 1. The Morgan fingerprint density at radius 3 is 2.52 bits per heavy atom. The summed E-state index contributed by atoms with van der Waals surface area (Å²) in [7, 11) is -4.06. The lowest BCUT2D eigenvalue weighted by Gasteiger charge is -2.12. The average molecular weight is 386 g/mol. The van der Waals surface area contributed by atoms with E-state index in [9.17, 15) is 23.6 Å². The Labute approximate surface area is 149 Å². The van der Waals surface area contributed by atoms with Crippen molar-refractivity contribution >= 4 is 38.7 Å². The van der Waals surface area contributed by atoms with Gasteiger partial charge in [0.2, 0.25) is 0 Å². The van der Waals surface area contributed by atoms with E-state index in [-0.39, 0.29) is 27.8 Å². The van der Waals surface area contributed by atoms with Crippen LogP contribution in [0.1, 0.15) is 6.92 Å². The second-order valence-corrected chi connectivity index (χ2v) is 7.34. The zero-order valence-electron chi connectivity index (χ0n) is 13.1. The Hall–Kier alpha value is -2.36. The summed E-state index contributed by atoms with van der Waals surface area (Å²) in [5, 5.41) is 23.4. The van der Waals surface area contributed by atoms with Crippen molar-refractivity contribution in [3.63, 3.8) is 0 Å². The monoisotopic (exact) mass is 385 g/mol. The molecule has 0 aliphatic carbocycles. The van der Waals surface area contributed by atoms with E-state index in [0.29, 0.717) is 0 Å². The molecule has 134 valence electrons. The molecule has 0 fully saturated rings. The van der Waals surface area contributed by atoms with E-state index in [1.807, 2.05) is 0 Å². The summed E-state index contributed by atoms with van der Waals surface area (Å²) < 4.78 is 27.2. The number of rotatable bonds is 7. The Morgan fingerprint density at radius 1 is 1.24 bits per heavy atom. The lowest BCUT2D eigenvalue weighted by molar-refractivity contribution is -0.384. The molecular weight excluding hydrogens is 370 g/mol. The van der Waals surface area contributed by atoms with Crippen molar-refractivity contribution in [2.24, 2.45) is 0 Å². The lowest BCUT2D eigenvalue weighted by Crippen LogP contribution is -2.17. The zero-order valence-corrected chi connectivity index (χ0v) is 14.7. The number of nitro benzene ring substituents is 1. The molecule has 8 nitrogen and oxygen atoms in total. The molecule has 2 aromatic rings. The van der Waals surface area contributed by atoms with E-state index in [1.54, 1.807) is 12.1 Å². The Bertz CT molecular complexity index is 886. The van der Waals surface area contributed by atoms with Crippen molar-refractivity contribution in [3.05, 3.63) is 57.6 Å². The van der Waals surface area contributed by atoms with Crippen molar-refractivity contribution in [1.82, 2.24) is 0 Å². The number of anilines is 2. The van der Waals surface area contributed by atoms with Gasteiger partial charge in [0, 0.05) is 12.6 Å². The third-order valence-corrected chi connectivity index (χ3v) is 4.88. The molecule has 0 aliphatic rings. The van der Waals surface area contributed by atoms with Crippen LogP contribution in [-0.4, -0.2) is 31.1 Å². The fourth-order valence-electron chi connectivity index (χ4n) is 1.98. The van der Waals surface area contributed by atoms with Gasteiger partial charge in [-0.1, -0.05) is 23.7 Å². The van der Waals surface area contributed by atoms with Crippen LogP contribution in [0, 0.1) is 10.1 Å². The minimum Gasteiger partial charge on any atom is -0.392 e. The molecule has 0 aromatic heterocycles. The molecule has 0 heterocycles. The third-order valence-electron chi connectivity index (χ3n) is 3.18. The summed E-state index contributed by atoms with van der Waals surface area (Å²) in [6.45, 7) is 1.61. The van der Waals surface area contributed by atoms with Gasteiger partial charge in [-0.3, -0.25) is 14.8 Å². The van der Waals surface area contributed by atoms with Gasteiger partial charge in [-0.05, 0) is 31.2 Å². The smallest absolute Gasteiger partial charge is 0.293 e. The Kier molecular flexibility index (Phi) is 5.83. The average Bonchev–Trinajstić information content (AvgIpc) is 2.54. The van der Waals surface area contributed by atoms with E-state index >= 15 is 0 Å². The van der Waals surface area contributed by atoms with E-state index in [2.05, 4.69) is 10.0 Å². The molecule has 0 saturated heterocycles. The van der Waals surface area contributed by atoms with Gasteiger partial charge in [-0.15, -0.1) is 0 Å². The van der Waals surface area contributed by atoms with Gasteiger partial charge in [0.25, 0.3) is 15.7 Å². The molecule has 0 unspecified atom stereocenters. The van der Waals surface area contributed by atoms with E-state index in [1.165, 1.54) is 31.2 Å². The van der Waals surface area contributed by atoms with Crippen molar-refractivity contribution in [3.8, 4) is 0 Å². The largest absolute Gasteiger partial charge is 0.392 e. The number of nitrogens with zero attached hydrogens (tertiary/aromatic N) is 1. The lowest BCUT2D eigenvalue weighted by atomic mass is 10.2. The van der Waals surface area contributed by atoms with Gasteiger partial charge < -0.3 is 10.4 Å². The number of hydrogen-bond donors (Lipinski definition) is 3. The highest BCUT2D eigenvalue weighted by Crippen LogP contribution is 2.29. The molecule has 2 rings (SSSR count). The number of aliphatic hydroxyl groups excluding tert-OH is 1. The molecule has 10 heteroatoms. The summed E-state index contributed by atoms with van der Waals surface area (Å²) >= 11 is 5.93. The number of halogens is 1. The van der Waals surface area contributed by atoms with E-state index in [4.69, 9.17) is 11.6 Å². The topological polar surface area (TPSA) is 122 Å². The minimum atomic E-state index is -4.06. The maximum atomic E-state index is 12.5. The number of nitro groups is 1. The number of nitrogens with one attached hydrogen (secondary N) is 2. The summed E-state index contributed by atoms with van der Waals surface area (Å²) in [6.07, 6.45) is -0.718. The predicted molar refractivity (Wildman–Crippen MR) is 95.5 cm³/mol. The predicted octanol–water partition coefficient (Wildman–Crippen LogP) is 2.84. The molecule has 0 radical (unpaired) electrons. The molecule has 25 heavy (non-hydrogen) atoms. The molecule has 3 N–H and O–H groups in total. The van der Waals surface area contributed by atoms with Crippen LogP contribution in [-0.2, 0) is 10.0 Å². The van der Waals surface area contributed by atoms with E-state index < -0.39 is 26.7 Å². The fourth-order valence-corrected chi connectivity index (χ4v) is 3.32. The quantitative estimate of drug-likeness (QED) is 0.497. The highest BCUT2D eigenvalue weighted by molar-refractivity contribution is 7.92. The normalized spacial score (nSPS) is 12.4. The first-order valence-electron chi connectivity index (χ1n) is 7.18. The third kappa shape index (κ3) is 4.81. The molecule has 0 aliphatic heterocycles. The van der Waals surface area contributed by atoms with Crippen LogP contribution in [0.15, 0.2) is 47.4 Å². The Balaban J connectivity index is 2.36. The summed E-state index contributed by atoms with van der Waals surface area (Å²) in [6, 6.07) is 9.71. The fraction of sp³-hybridized carbons (Fsp3) is 0.200. The molecule has 0 saturated carbocycles. The van der Waals surface area contributed by atoms with Gasteiger partial charge in [-0.2, -0.15) is 0 Å². The molecular formula is C15H16ClN3O5S. The Morgan fingerprint density at radius 2 is 1.92 bits per heavy atom. The van der Waals surface area contributed by atoms with Crippen LogP contribution < -0.4 is 10.0 Å². The first kappa shape index (κ1) is 19.0. The number of sulfonamides is 1. The van der Waals surface area contributed by atoms with Crippen LogP contribution in [0.4, 0.5) is 17.1 Å². The highest BCUT2D eigenvalue weighted by atomic mass is 35.5. The maximum Gasteiger partial charge on any atom is 0.293 e. The highest BCUT2D eigenvalue weighted by Gasteiger charge is 2.22. The summed E-state index contributed by atoms with van der Waals surface area (Å²) in [5.74, 6) is 0. The molecule has 2 aromatic carbocycles. The van der Waals surface area contributed by atoms with Crippen LogP contribution in [0.25, 0.3) is 0 Å². The molecule has 0 amide bonds. The van der Waals surface area contributed by atoms with Crippen molar-refractivity contribution in [2.75, 3.05) is 16.6 Å². The van der Waals surface area contributed by atoms with Crippen LogP contribution in [0.5, 0.6) is 0 Å². The summed E-state index contributed by atoms with van der Waals surface area (Å²) in [5.41, 5.74) is -0.131. The first-order valence-corrected chi connectivity index (χ1v) is 9.04. The van der Waals surface area contributed by atoms with Gasteiger partial charge in [0.15, 0.2) is 0 Å². The van der Waals surface area contributed by atoms with Crippen molar-refractivity contribution in [1.29, 1.82) is 0 Å².